The van der Waals surface area contributed by atoms with Crippen molar-refractivity contribution < 1.29 is 4.79 Å². The Labute approximate surface area is 155 Å². The van der Waals surface area contributed by atoms with Crippen LogP contribution in [0.3, 0.4) is 0 Å². The van der Waals surface area contributed by atoms with Crippen LogP contribution in [-0.4, -0.2) is 34.4 Å². The Bertz CT molecular complexity index is 399. The third-order valence-corrected chi connectivity index (χ3v) is 8.03. The number of amides is 1. The van der Waals surface area contributed by atoms with Crippen LogP contribution in [-0.2, 0) is 4.79 Å². The molecule has 0 aromatic rings. The standard InChI is InChI=1S/C21H41NOS/c1-8-13-20(5,24-7)16-18(22-15-11-12-19(22)23)21(6,14-9-2)17(4)10-3/h17-18H,8-16H2,1-7H3. The molecule has 0 aliphatic carbocycles. The van der Waals surface area contributed by atoms with Gasteiger partial charge >= 0.3 is 0 Å². The van der Waals surface area contributed by atoms with Crippen LogP contribution in [0.5, 0.6) is 0 Å². The number of likely N-dealkylation sites (tertiary alicyclic amines) is 1. The number of rotatable bonds is 11. The molecule has 3 heteroatoms. The van der Waals surface area contributed by atoms with E-state index in [-0.39, 0.29) is 10.2 Å². The normalized spacial score (nSPS) is 23.0. The number of carbonyl (C=O) groups excluding carboxylic acids is 1. The summed E-state index contributed by atoms with van der Waals surface area (Å²) in [6.45, 7) is 15.1. The number of hydrogen-bond acceptors (Lipinski definition) is 2. The SMILES string of the molecule is CCCC(C)(CC(N1CCCC1=O)C(C)(CCC)C(C)CC)SC. The fraction of sp³-hybridized carbons (Fsp3) is 0.952. The fourth-order valence-electron chi connectivity index (χ4n) is 4.67. The second kappa shape index (κ2) is 9.50. The van der Waals surface area contributed by atoms with Crippen molar-refractivity contribution in [2.24, 2.45) is 11.3 Å². The number of nitrogens with zero attached hydrogens (tertiary/aromatic N) is 1. The molecule has 2 nitrogen and oxygen atoms in total. The maximum absolute atomic E-state index is 12.6. The summed E-state index contributed by atoms with van der Waals surface area (Å²) in [4.78, 5) is 14.9. The summed E-state index contributed by atoms with van der Waals surface area (Å²) in [6.07, 6.45) is 11.2. The van der Waals surface area contributed by atoms with Gasteiger partial charge in [0.1, 0.15) is 0 Å². The molecule has 0 aromatic heterocycles. The van der Waals surface area contributed by atoms with Gasteiger partial charge in [0.15, 0.2) is 0 Å². The van der Waals surface area contributed by atoms with Gasteiger partial charge in [0, 0.05) is 23.8 Å². The summed E-state index contributed by atoms with van der Waals surface area (Å²) in [5.74, 6) is 1.04. The zero-order valence-corrected chi connectivity index (χ0v) is 18.1. The Balaban J connectivity index is 3.22. The minimum absolute atomic E-state index is 0.216. The molecule has 1 aliphatic rings. The lowest BCUT2D eigenvalue weighted by molar-refractivity contribution is -0.134. The molecule has 0 aromatic carbocycles. The van der Waals surface area contributed by atoms with Crippen LogP contribution in [0.1, 0.15) is 92.9 Å². The number of hydrogen-bond donors (Lipinski definition) is 0. The second-order valence-corrected chi connectivity index (χ2v) is 9.77. The van der Waals surface area contributed by atoms with Crippen LogP contribution < -0.4 is 0 Å². The summed E-state index contributed by atoms with van der Waals surface area (Å²) < 4.78 is 0.269. The number of carbonyl (C=O) groups is 1. The predicted molar refractivity (Wildman–Crippen MR) is 109 cm³/mol. The van der Waals surface area contributed by atoms with Crippen LogP contribution in [0.4, 0.5) is 0 Å². The van der Waals surface area contributed by atoms with Crippen molar-refractivity contribution in [2.75, 3.05) is 12.8 Å². The minimum atomic E-state index is 0.216. The van der Waals surface area contributed by atoms with Crippen molar-refractivity contribution in [2.45, 2.75) is 104 Å². The maximum atomic E-state index is 12.6. The molecule has 1 amide bonds. The average molecular weight is 356 g/mol. The maximum Gasteiger partial charge on any atom is 0.222 e. The van der Waals surface area contributed by atoms with Crippen molar-refractivity contribution >= 4 is 17.7 Å². The molecule has 24 heavy (non-hydrogen) atoms. The van der Waals surface area contributed by atoms with Crippen LogP contribution in [0.2, 0.25) is 0 Å². The Morgan fingerprint density at radius 3 is 2.21 bits per heavy atom. The molecule has 1 aliphatic heterocycles. The van der Waals surface area contributed by atoms with Gasteiger partial charge in [0.2, 0.25) is 5.91 Å². The molecular weight excluding hydrogens is 314 g/mol. The summed E-state index contributed by atoms with van der Waals surface area (Å²) in [5, 5.41) is 0. The van der Waals surface area contributed by atoms with Crippen LogP contribution >= 0.6 is 11.8 Å². The molecule has 4 unspecified atom stereocenters. The third kappa shape index (κ3) is 4.93. The van der Waals surface area contributed by atoms with E-state index in [1.54, 1.807) is 0 Å². The molecule has 0 radical (unpaired) electrons. The van der Waals surface area contributed by atoms with Gasteiger partial charge in [-0.1, -0.05) is 60.8 Å². The van der Waals surface area contributed by atoms with Crippen LogP contribution in [0.15, 0.2) is 0 Å². The Hall–Kier alpha value is -0.180. The van der Waals surface area contributed by atoms with Crippen molar-refractivity contribution in [3.05, 3.63) is 0 Å². The zero-order chi connectivity index (χ0) is 18.4. The molecule has 1 saturated heterocycles. The summed E-state index contributed by atoms with van der Waals surface area (Å²) in [7, 11) is 0. The van der Waals surface area contributed by atoms with Gasteiger partial charge in [0.25, 0.3) is 0 Å². The molecular formula is C21H41NOS. The molecule has 0 bridgehead atoms. The van der Waals surface area contributed by atoms with Crippen molar-refractivity contribution in [3.8, 4) is 0 Å². The molecule has 0 N–H and O–H groups in total. The van der Waals surface area contributed by atoms with E-state index in [0.717, 1.165) is 25.8 Å². The molecule has 0 spiro atoms. The Morgan fingerprint density at radius 2 is 1.79 bits per heavy atom. The van der Waals surface area contributed by atoms with Gasteiger partial charge in [0.05, 0.1) is 0 Å². The summed E-state index contributed by atoms with van der Waals surface area (Å²) >= 11 is 2.00. The molecule has 1 fully saturated rings. The van der Waals surface area contributed by atoms with E-state index in [1.807, 2.05) is 11.8 Å². The largest absolute Gasteiger partial charge is 0.339 e. The molecule has 1 rings (SSSR count). The van der Waals surface area contributed by atoms with E-state index in [4.69, 9.17) is 0 Å². The summed E-state index contributed by atoms with van der Waals surface area (Å²) in [6, 6.07) is 0.381. The van der Waals surface area contributed by atoms with E-state index in [9.17, 15) is 4.79 Å². The van der Waals surface area contributed by atoms with Crippen molar-refractivity contribution in [1.29, 1.82) is 0 Å². The molecule has 142 valence electrons. The molecule has 4 atom stereocenters. The molecule has 0 saturated carbocycles. The van der Waals surface area contributed by atoms with Gasteiger partial charge in [-0.25, -0.2) is 0 Å². The first-order valence-electron chi connectivity index (χ1n) is 10.1. The first-order valence-corrected chi connectivity index (χ1v) is 11.3. The van der Waals surface area contributed by atoms with Crippen LogP contribution in [0, 0.1) is 11.3 Å². The van der Waals surface area contributed by atoms with Crippen molar-refractivity contribution in [3.63, 3.8) is 0 Å². The van der Waals surface area contributed by atoms with E-state index in [1.165, 1.54) is 32.1 Å². The monoisotopic (exact) mass is 355 g/mol. The first kappa shape index (κ1) is 21.9. The Morgan fingerprint density at radius 1 is 1.17 bits per heavy atom. The lowest BCUT2D eigenvalue weighted by Gasteiger charge is -2.49. The first-order chi connectivity index (χ1) is 11.3. The fourth-order valence-corrected chi connectivity index (χ4v) is 5.40. The van der Waals surface area contributed by atoms with Gasteiger partial charge in [-0.3, -0.25) is 4.79 Å². The third-order valence-electron chi connectivity index (χ3n) is 6.67. The highest BCUT2D eigenvalue weighted by atomic mass is 32.2. The summed E-state index contributed by atoms with van der Waals surface area (Å²) in [5.41, 5.74) is 0.216. The smallest absolute Gasteiger partial charge is 0.222 e. The van der Waals surface area contributed by atoms with Gasteiger partial charge in [-0.05, 0) is 43.3 Å². The Kier molecular flexibility index (Phi) is 8.65. The van der Waals surface area contributed by atoms with Gasteiger partial charge < -0.3 is 4.90 Å². The van der Waals surface area contributed by atoms with Crippen molar-refractivity contribution in [1.82, 2.24) is 4.90 Å². The van der Waals surface area contributed by atoms with Gasteiger partial charge in [-0.15, -0.1) is 0 Å². The number of thioether (sulfide) groups is 1. The average Bonchev–Trinajstić information content (AvgIpc) is 2.98. The minimum Gasteiger partial charge on any atom is -0.339 e. The second-order valence-electron chi connectivity index (χ2n) is 8.38. The zero-order valence-electron chi connectivity index (χ0n) is 17.3. The van der Waals surface area contributed by atoms with Crippen LogP contribution in [0.25, 0.3) is 0 Å². The topological polar surface area (TPSA) is 20.3 Å². The van der Waals surface area contributed by atoms with E-state index in [0.29, 0.717) is 17.9 Å². The highest BCUT2D eigenvalue weighted by Gasteiger charge is 2.46. The quantitative estimate of drug-likeness (QED) is 0.443. The van der Waals surface area contributed by atoms with E-state index < -0.39 is 0 Å². The van der Waals surface area contributed by atoms with E-state index in [2.05, 4.69) is 52.7 Å². The predicted octanol–water partition coefficient (Wildman–Crippen LogP) is 6.14. The van der Waals surface area contributed by atoms with E-state index >= 15 is 0 Å². The lowest BCUT2D eigenvalue weighted by atomic mass is 9.65. The highest BCUT2D eigenvalue weighted by Crippen LogP contribution is 2.47. The lowest BCUT2D eigenvalue weighted by Crippen LogP contribution is -2.52. The highest BCUT2D eigenvalue weighted by molar-refractivity contribution is 7.99. The van der Waals surface area contributed by atoms with Gasteiger partial charge in [-0.2, -0.15) is 11.8 Å². The molecule has 1 heterocycles.